The first-order valence-corrected chi connectivity index (χ1v) is 10.2. The number of hydrogen-bond donors (Lipinski definition) is 1. The highest BCUT2D eigenvalue weighted by molar-refractivity contribution is 5.94. The summed E-state index contributed by atoms with van der Waals surface area (Å²) >= 11 is 0. The van der Waals surface area contributed by atoms with Crippen molar-refractivity contribution in [3.8, 4) is 17.3 Å². The van der Waals surface area contributed by atoms with Gasteiger partial charge < -0.3 is 24.5 Å². The fourth-order valence-corrected chi connectivity index (χ4v) is 3.80. The second-order valence-electron chi connectivity index (χ2n) is 7.80. The zero-order valence-electron chi connectivity index (χ0n) is 17.1. The standard InChI is InChI=1S/C22H25N5O3/c1-14(23)13-29-22-7-6-21-24-11-18(27(21)25-22)20-10-16-17(4-3-5-19(16)30-20)26-8-9-28-15(2)12-26/h3-7,10-11,14-15H,8-9,12-13,23H2,1-2H3/t14-,15-/m0/s1. The van der Waals surface area contributed by atoms with Crippen LogP contribution in [0.1, 0.15) is 13.8 Å². The molecule has 1 saturated heterocycles. The third kappa shape index (κ3) is 3.48. The van der Waals surface area contributed by atoms with E-state index in [1.807, 2.05) is 25.1 Å². The molecule has 1 aliphatic heterocycles. The third-order valence-corrected chi connectivity index (χ3v) is 5.20. The van der Waals surface area contributed by atoms with E-state index in [1.165, 1.54) is 0 Å². The smallest absolute Gasteiger partial charge is 0.231 e. The summed E-state index contributed by atoms with van der Waals surface area (Å²) in [5.74, 6) is 1.21. The summed E-state index contributed by atoms with van der Waals surface area (Å²) in [6, 6.07) is 11.8. The minimum absolute atomic E-state index is 0.0681. The predicted octanol–water partition coefficient (Wildman–Crippen LogP) is 3.09. The van der Waals surface area contributed by atoms with Crippen LogP contribution in [0.25, 0.3) is 28.1 Å². The summed E-state index contributed by atoms with van der Waals surface area (Å²) in [5, 5.41) is 5.64. The van der Waals surface area contributed by atoms with Crippen LogP contribution in [-0.4, -0.2) is 53.0 Å². The largest absolute Gasteiger partial charge is 0.475 e. The van der Waals surface area contributed by atoms with E-state index in [2.05, 4.69) is 34.0 Å². The van der Waals surface area contributed by atoms with Gasteiger partial charge in [-0.1, -0.05) is 6.07 Å². The van der Waals surface area contributed by atoms with Crippen molar-refractivity contribution in [2.45, 2.75) is 26.0 Å². The summed E-state index contributed by atoms with van der Waals surface area (Å²) in [5.41, 5.74) is 9.26. The molecule has 2 atom stereocenters. The van der Waals surface area contributed by atoms with E-state index in [0.29, 0.717) is 18.2 Å². The van der Waals surface area contributed by atoms with Crippen LogP contribution in [0.15, 0.2) is 47.0 Å². The highest BCUT2D eigenvalue weighted by Crippen LogP contribution is 2.34. The van der Waals surface area contributed by atoms with E-state index >= 15 is 0 Å². The first-order valence-electron chi connectivity index (χ1n) is 10.2. The molecule has 3 aromatic heterocycles. The number of fused-ring (bicyclic) bond motifs is 2. The Morgan fingerprint density at radius 1 is 1.30 bits per heavy atom. The van der Waals surface area contributed by atoms with Crippen molar-refractivity contribution >= 4 is 22.3 Å². The van der Waals surface area contributed by atoms with Gasteiger partial charge in [0.05, 0.1) is 18.9 Å². The Bertz CT molecular complexity index is 1180. The Hall–Kier alpha value is -3.10. The summed E-state index contributed by atoms with van der Waals surface area (Å²) in [6.45, 7) is 6.83. The number of furan rings is 1. The van der Waals surface area contributed by atoms with Gasteiger partial charge in [-0.2, -0.15) is 0 Å². The third-order valence-electron chi connectivity index (χ3n) is 5.20. The fourth-order valence-electron chi connectivity index (χ4n) is 3.80. The van der Waals surface area contributed by atoms with Gasteiger partial charge in [0.25, 0.3) is 0 Å². The summed E-state index contributed by atoms with van der Waals surface area (Å²) < 4.78 is 19.3. The molecule has 4 heterocycles. The molecule has 30 heavy (non-hydrogen) atoms. The first kappa shape index (κ1) is 18.9. The average molecular weight is 407 g/mol. The number of nitrogens with zero attached hydrogens (tertiary/aromatic N) is 4. The minimum Gasteiger partial charge on any atom is -0.475 e. The van der Waals surface area contributed by atoms with Crippen molar-refractivity contribution in [2.24, 2.45) is 5.73 Å². The number of rotatable bonds is 5. The lowest BCUT2D eigenvalue weighted by molar-refractivity contribution is 0.0533. The van der Waals surface area contributed by atoms with Crippen LogP contribution in [0, 0.1) is 0 Å². The topological polar surface area (TPSA) is 91.0 Å². The Balaban J connectivity index is 1.54. The number of anilines is 1. The number of aromatic nitrogens is 3. The molecule has 1 fully saturated rings. The zero-order chi connectivity index (χ0) is 20.7. The molecule has 2 N–H and O–H groups in total. The Labute approximate surface area is 174 Å². The lowest BCUT2D eigenvalue weighted by Gasteiger charge is -2.33. The van der Waals surface area contributed by atoms with Crippen LogP contribution in [0.2, 0.25) is 0 Å². The van der Waals surface area contributed by atoms with Gasteiger partial charge in [0.2, 0.25) is 5.88 Å². The molecule has 0 amide bonds. The minimum atomic E-state index is -0.0681. The monoisotopic (exact) mass is 407 g/mol. The van der Waals surface area contributed by atoms with Gasteiger partial charge in [-0.3, -0.25) is 0 Å². The molecule has 156 valence electrons. The zero-order valence-corrected chi connectivity index (χ0v) is 17.1. The lowest BCUT2D eigenvalue weighted by Crippen LogP contribution is -2.41. The van der Waals surface area contributed by atoms with Crippen molar-refractivity contribution in [2.75, 3.05) is 31.2 Å². The van der Waals surface area contributed by atoms with Gasteiger partial charge in [0, 0.05) is 36.3 Å². The normalized spacial score (nSPS) is 18.2. The van der Waals surface area contributed by atoms with Gasteiger partial charge in [-0.15, -0.1) is 5.10 Å². The van der Waals surface area contributed by atoms with Gasteiger partial charge in [-0.05, 0) is 38.1 Å². The SMILES string of the molecule is C[C@H](N)COc1ccc2ncc(-c3cc4c(N5CCO[C@@H](C)C5)cccc4o3)n2n1. The Morgan fingerprint density at radius 3 is 3.03 bits per heavy atom. The molecule has 4 aromatic rings. The number of morpholine rings is 1. The number of benzene rings is 1. The van der Waals surface area contributed by atoms with E-state index < -0.39 is 0 Å². The highest BCUT2D eigenvalue weighted by Gasteiger charge is 2.21. The van der Waals surface area contributed by atoms with E-state index in [9.17, 15) is 0 Å². The Kier molecular flexibility index (Phi) is 4.80. The number of imidazole rings is 1. The quantitative estimate of drug-likeness (QED) is 0.543. The summed E-state index contributed by atoms with van der Waals surface area (Å²) in [4.78, 5) is 6.81. The van der Waals surface area contributed by atoms with Gasteiger partial charge in [0.1, 0.15) is 17.9 Å². The van der Waals surface area contributed by atoms with Gasteiger partial charge in [-0.25, -0.2) is 9.50 Å². The maximum atomic E-state index is 6.20. The fraction of sp³-hybridized carbons (Fsp3) is 0.364. The molecule has 0 unspecified atom stereocenters. The molecule has 1 aromatic carbocycles. The highest BCUT2D eigenvalue weighted by atomic mass is 16.5. The lowest BCUT2D eigenvalue weighted by atomic mass is 10.1. The summed E-state index contributed by atoms with van der Waals surface area (Å²) in [6.07, 6.45) is 1.98. The molecular formula is C22H25N5O3. The molecule has 0 radical (unpaired) electrons. The molecule has 0 saturated carbocycles. The molecule has 0 aliphatic carbocycles. The molecule has 8 nitrogen and oxygen atoms in total. The molecule has 8 heteroatoms. The summed E-state index contributed by atoms with van der Waals surface area (Å²) in [7, 11) is 0. The van der Waals surface area contributed by atoms with Crippen LogP contribution in [-0.2, 0) is 4.74 Å². The van der Waals surface area contributed by atoms with Crippen molar-refractivity contribution < 1.29 is 13.9 Å². The van der Waals surface area contributed by atoms with E-state index in [1.54, 1.807) is 16.8 Å². The van der Waals surface area contributed by atoms with E-state index in [0.717, 1.165) is 47.7 Å². The van der Waals surface area contributed by atoms with Crippen LogP contribution >= 0.6 is 0 Å². The van der Waals surface area contributed by atoms with Crippen molar-refractivity contribution in [1.82, 2.24) is 14.6 Å². The average Bonchev–Trinajstić information content (AvgIpc) is 3.35. The van der Waals surface area contributed by atoms with Gasteiger partial charge in [0.15, 0.2) is 11.4 Å². The second kappa shape index (κ2) is 7.62. The van der Waals surface area contributed by atoms with Crippen molar-refractivity contribution in [1.29, 1.82) is 0 Å². The van der Waals surface area contributed by atoms with E-state index in [4.69, 9.17) is 19.6 Å². The maximum absolute atomic E-state index is 6.20. The van der Waals surface area contributed by atoms with E-state index in [-0.39, 0.29) is 12.1 Å². The van der Waals surface area contributed by atoms with Crippen LogP contribution < -0.4 is 15.4 Å². The molecule has 0 bridgehead atoms. The molecular weight excluding hydrogens is 382 g/mol. The van der Waals surface area contributed by atoms with Crippen LogP contribution in [0.4, 0.5) is 5.69 Å². The molecule has 1 aliphatic rings. The number of nitrogens with two attached hydrogens (primary N) is 1. The van der Waals surface area contributed by atoms with Gasteiger partial charge >= 0.3 is 0 Å². The Morgan fingerprint density at radius 2 is 2.20 bits per heavy atom. The first-order chi connectivity index (χ1) is 14.6. The van der Waals surface area contributed by atoms with Crippen molar-refractivity contribution in [3.63, 3.8) is 0 Å². The van der Waals surface area contributed by atoms with Crippen molar-refractivity contribution in [3.05, 3.63) is 42.6 Å². The molecule has 5 rings (SSSR count). The second-order valence-corrected chi connectivity index (χ2v) is 7.80. The maximum Gasteiger partial charge on any atom is 0.231 e. The number of hydrogen-bond acceptors (Lipinski definition) is 7. The predicted molar refractivity (Wildman–Crippen MR) is 115 cm³/mol. The number of ether oxygens (including phenoxy) is 2. The van der Waals surface area contributed by atoms with Crippen LogP contribution in [0.5, 0.6) is 5.88 Å². The molecule has 0 spiro atoms. The van der Waals surface area contributed by atoms with Crippen LogP contribution in [0.3, 0.4) is 0 Å².